The molecule has 0 heterocycles. The zero-order chi connectivity index (χ0) is 13.4. The summed E-state index contributed by atoms with van der Waals surface area (Å²) in [5.41, 5.74) is 0. The number of hydrogen-bond acceptors (Lipinski definition) is 6. The number of Topliss-reactive ketones (excluding diaryl/α,β-unsaturated/α-hetero) is 1. The Labute approximate surface area is 104 Å². The molecule has 1 aromatic rings. The van der Waals surface area contributed by atoms with Crippen molar-refractivity contribution < 1.29 is 19.1 Å². The van der Waals surface area contributed by atoms with Crippen LogP contribution in [0.1, 0.15) is 6.92 Å². The Bertz CT molecular complexity index is 418. The van der Waals surface area contributed by atoms with E-state index in [1.807, 2.05) is 0 Å². The first-order valence-electron chi connectivity index (χ1n) is 5.38. The molecule has 6 nitrogen and oxygen atoms in total. The van der Waals surface area contributed by atoms with Crippen molar-refractivity contribution in [3.8, 4) is 5.75 Å². The van der Waals surface area contributed by atoms with E-state index in [2.05, 4.69) is 9.91 Å². The van der Waals surface area contributed by atoms with Crippen LogP contribution in [-0.4, -0.2) is 31.0 Å². The van der Waals surface area contributed by atoms with Gasteiger partial charge in [0.05, 0.1) is 6.61 Å². The van der Waals surface area contributed by atoms with Gasteiger partial charge in [0.2, 0.25) is 11.8 Å². The van der Waals surface area contributed by atoms with Crippen LogP contribution in [0.5, 0.6) is 5.75 Å². The molecular formula is C12H13NO5. The molecule has 0 aromatic heterocycles. The third-order valence-electron chi connectivity index (χ3n) is 2.04. The van der Waals surface area contributed by atoms with Gasteiger partial charge in [-0.05, 0) is 24.2 Å². The minimum absolute atomic E-state index is 0.0810. The molecule has 1 rings (SSSR count). The number of hydrogen-bond donors (Lipinski definition) is 0. The quantitative estimate of drug-likeness (QED) is 0.415. The summed E-state index contributed by atoms with van der Waals surface area (Å²) in [6, 6.07) is 6.92. The summed E-state index contributed by atoms with van der Waals surface area (Å²) < 4.78 is 9.68. The van der Waals surface area contributed by atoms with Crippen LogP contribution in [0.15, 0.2) is 35.5 Å². The Hall–Kier alpha value is -2.24. The molecule has 1 aromatic carbocycles. The molecule has 6 heteroatoms. The van der Waals surface area contributed by atoms with E-state index in [0.29, 0.717) is 5.75 Å². The maximum atomic E-state index is 11.5. The molecule has 0 spiro atoms. The monoisotopic (exact) mass is 251 g/mol. The predicted octanol–water partition coefficient (Wildman–Crippen LogP) is 1.33. The molecular weight excluding hydrogens is 238 g/mol. The summed E-state index contributed by atoms with van der Waals surface area (Å²) in [5, 5.41) is 2.46. The number of benzene rings is 1. The average Bonchev–Trinajstić information content (AvgIpc) is 2.39. The standard InChI is InChI=1S/C12H13NO5/c1-2-17-12(15)11(13-16)10(14)8-18-9-6-4-3-5-7-9/h3-7,11H,2,8H2,1H3. The van der Waals surface area contributed by atoms with E-state index >= 15 is 0 Å². The highest BCUT2D eigenvalue weighted by atomic mass is 16.5. The first-order chi connectivity index (χ1) is 8.69. The number of ketones is 1. The second kappa shape index (κ2) is 7.16. The molecule has 0 aliphatic carbocycles. The lowest BCUT2D eigenvalue weighted by molar-refractivity contribution is -0.147. The highest BCUT2D eigenvalue weighted by Gasteiger charge is 2.29. The minimum atomic E-state index is -1.66. The molecule has 0 N–H and O–H groups in total. The number of nitroso groups, excluding NO2 is 1. The molecule has 1 atom stereocenters. The lowest BCUT2D eigenvalue weighted by atomic mass is 10.2. The molecule has 18 heavy (non-hydrogen) atoms. The van der Waals surface area contributed by atoms with Crippen molar-refractivity contribution >= 4 is 11.8 Å². The van der Waals surface area contributed by atoms with Crippen molar-refractivity contribution in [3.05, 3.63) is 35.2 Å². The van der Waals surface area contributed by atoms with E-state index in [-0.39, 0.29) is 6.61 Å². The van der Waals surface area contributed by atoms with Crippen molar-refractivity contribution in [2.75, 3.05) is 13.2 Å². The van der Waals surface area contributed by atoms with Crippen LogP contribution in [-0.2, 0) is 14.3 Å². The van der Waals surface area contributed by atoms with Gasteiger partial charge in [-0.2, -0.15) is 0 Å². The van der Waals surface area contributed by atoms with Gasteiger partial charge >= 0.3 is 5.97 Å². The molecule has 1 unspecified atom stereocenters. The van der Waals surface area contributed by atoms with Gasteiger partial charge in [0.25, 0.3) is 0 Å². The number of nitrogens with zero attached hydrogens (tertiary/aromatic N) is 1. The number of ether oxygens (including phenoxy) is 2. The summed E-state index contributed by atoms with van der Waals surface area (Å²) in [4.78, 5) is 33.2. The summed E-state index contributed by atoms with van der Waals surface area (Å²) >= 11 is 0. The lowest BCUT2D eigenvalue weighted by Crippen LogP contribution is -2.33. The Morgan fingerprint density at radius 2 is 1.94 bits per heavy atom. The molecule has 0 aliphatic rings. The van der Waals surface area contributed by atoms with Gasteiger partial charge in [-0.3, -0.25) is 4.79 Å². The second-order valence-electron chi connectivity index (χ2n) is 3.33. The number of carbonyl (C=O) groups is 2. The predicted molar refractivity (Wildman–Crippen MR) is 63.2 cm³/mol. The second-order valence-corrected chi connectivity index (χ2v) is 3.33. The fourth-order valence-electron chi connectivity index (χ4n) is 1.20. The van der Waals surface area contributed by atoms with Crippen LogP contribution in [0, 0.1) is 4.91 Å². The Kier molecular flexibility index (Phi) is 5.50. The molecule has 0 fully saturated rings. The molecule has 0 saturated carbocycles. The van der Waals surface area contributed by atoms with Crippen LogP contribution >= 0.6 is 0 Å². The van der Waals surface area contributed by atoms with Crippen LogP contribution in [0.3, 0.4) is 0 Å². The van der Waals surface area contributed by atoms with E-state index < -0.39 is 24.4 Å². The SMILES string of the molecule is CCOC(=O)C(N=O)C(=O)COc1ccccc1. The van der Waals surface area contributed by atoms with Crippen LogP contribution in [0.25, 0.3) is 0 Å². The van der Waals surface area contributed by atoms with E-state index in [4.69, 9.17) is 4.74 Å². The number of rotatable bonds is 7. The summed E-state index contributed by atoms with van der Waals surface area (Å²) in [6.07, 6.45) is 0. The molecule has 0 aliphatic heterocycles. The van der Waals surface area contributed by atoms with Crippen LogP contribution in [0.2, 0.25) is 0 Å². The lowest BCUT2D eigenvalue weighted by Gasteiger charge is -2.08. The number of para-hydroxylation sites is 1. The van der Waals surface area contributed by atoms with E-state index in [1.165, 1.54) is 0 Å². The van der Waals surface area contributed by atoms with E-state index in [0.717, 1.165) is 0 Å². The fourth-order valence-corrected chi connectivity index (χ4v) is 1.20. The summed E-state index contributed by atoms with van der Waals surface area (Å²) in [7, 11) is 0. The first-order valence-corrected chi connectivity index (χ1v) is 5.38. The molecule has 0 bridgehead atoms. The van der Waals surface area contributed by atoms with Crippen molar-refractivity contribution in [1.82, 2.24) is 0 Å². The molecule has 0 saturated heterocycles. The highest BCUT2D eigenvalue weighted by Crippen LogP contribution is 2.09. The Morgan fingerprint density at radius 1 is 1.28 bits per heavy atom. The van der Waals surface area contributed by atoms with Gasteiger partial charge in [0.15, 0.2) is 0 Å². The van der Waals surface area contributed by atoms with Crippen molar-refractivity contribution in [1.29, 1.82) is 0 Å². The summed E-state index contributed by atoms with van der Waals surface area (Å²) in [6.45, 7) is 1.25. The normalized spacial score (nSPS) is 11.4. The minimum Gasteiger partial charge on any atom is -0.486 e. The van der Waals surface area contributed by atoms with Crippen molar-refractivity contribution in [2.24, 2.45) is 5.18 Å². The number of esters is 1. The average molecular weight is 251 g/mol. The van der Waals surface area contributed by atoms with Crippen molar-refractivity contribution in [2.45, 2.75) is 13.0 Å². The molecule has 0 radical (unpaired) electrons. The zero-order valence-electron chi connectivity index (χ0n) is 9.87. The van der Waals surface area contributed by atoms with Gasteiger partial charge in [-0.1, -0.05) is 18.2 Å². The van der Waals surface area contributed by atoms with Gasteiger partial charge in [-0.15, -0.1) is 4.91 Å². The molecule has 0 amide bonds. The third-order valence-corrected chi connectivity index (χ3v) is 2.04. The fraction of sp³-hybridized carbons (Fsp3) is 0.333. The van der Waals surface area contributed by atoms with Crippen LogP contribution in [0.4, 0.5) is 0 Å². The van der Waals surface area contributed by atoms with Gasteiger partial charge in [0, 0.05) is 0 Å². The Balaban J connectivity index is 2.53. The van der Waals surface area contributed by atoms with Gasteiger partial charge in [0.1, 0.15) is 12.4 Å². The highest BCUT2D eigenvalue weighted by molar-refractivity contribution is 6.04. The largest absolute Gasteiger partial charge is 0.486 e. The van der Waals surface area contributed by atoms with Crippen LogP contribution < -0.4 is 4.74 Å². The summed E-state index contributed by atoms with van der Waals surface area (Å²) in [5.74, 6) is -1.21. The van der Waals surface area contributed by atoms with E-state index in [1.54, 1.807) is 37.3 Å². The van der Waals surface area contributed by atoms with Gasteiger partial charge < -0.3 is 9.47 Å². The Morgan fingerprint density at radius 3 is 2.50 bits per heavy atom. The maximum Gasteiger partial charge on any atom is 0.342 e. The third kappa shape index (κ3) is 3.97. The van der Waals surface area contributed by atoms with Crippen molar-refractivity contribution in [3.63, 3.8) is 0 Å². The van der Waals surface area contributed by atoms with Gasteiger partial charge in [-0.25, -0.2) is 4.79 Å². The topological polar surface area (TPSA) is 82.0 Å². The number of carbonyl (C=O) groups excluding carboxylic acids is 2. The first kappa shape index (κ1) is 13.8. The smallest absolute Gasteiger partial charge is 0.342 e. The maximum absolute atomic E-state index is 11.5. The zero-order valence-corrected chi connectivity index (χ0v) is 9.87. The van der Waals surface area contributed by atoms with E-state index in [9.17, 15) is 14.5 Å². The molecule has 96 valence electrons.